The van der Waals surface area contributed by atoms with Crippen molar-refractivity contribution in [3.63, 3.8) is 0 Å². The van der Waals surface area contributed by atoms with E-state index in [9.17, 15) is 18.0 Å². The SMILES string of the molecule is COc1ccc(N2CCN3c4ccccc4CC(C(=O)N4CCN(c5cccc(C(F)(F)F)c5)CC4)C3C2)cc1. The minimum absolute atomic E-state index is 0.0275. The molecule has 9 heteroatoms. The number of piperazine rings is 2. The van der Waals surface area contributed by atoms with Crippen LogP contribution in [0.4, 0.5) is 30.2 Å². The molecule has 6 rings (SSSR count). The van der Waals surface area contributed by atoms with Gasteiger partial charge in [-0.25, -0.2) is 0 Å². The summed E-state index contributed by atoms with van der Waals surface area (Å²) >= 11 is 0. The number of nitrogens with zero attached hydrogens (tertiary/aromatic N) is 4. The van der Waals surface area contributed by atoms with Crippen LogP contribution in [0.15, 0.2) is 72.8 Å². The van der Waals surface area contributed by atoms with Crippen molar-refractivity contribution in [1.82, 2.24) is 4.90 Å². The molecule has 0 saturated carbocycles. The van der Waals surface area contributed by atoms with Crippen LogP contribution in [0.2, 0.25) is 0 Å². The number of ether oxygens (including phenoxy) is 1. The third-order valence-electron chi connectivity index (χ3n) is 8.51. The summed E-state index contributed by atoms with van der Waals surface area (Å²) in [5, 5.41) is 0. The first kappa shape index (κ1) is 26.3. The van der Waals surface area contributed by atoms with E-state index in [1.807, 2.05) is 28.0 Å². The first-order chi connectivity index (χ1) is 19.3. The van der Waals surface area contributed by atoms with E-state index in [0.29, 0.717) is 38.3 Å². The van der Waals surface area contributed by atoms with Crippen LogP contribution in [-0.4, -0.2) is 69.8 Å². The molecule has 3 aliphatic rings. The van der Waals surface area contributed by atoms with Gasteiger partial charge in [-0.1, -0.05) is 24.3 Å². The van der Waals surface area contributed by atoms with Crippen LogP contribution < -0.4 is 19.4 Å². The van der Waals surface area contributed by atoms with Gasteiger partial charge in [-0.3, -0.25) is 4.79 Å². The highest BCUT2D eigenvalue weighted by Gasteiger charge is 2.43. The normalized spacial score (nSPS) is 21.1. The highest BCUT2D eigenvalue weighted by atomic mass is 19.4. The summed E-state index contributed by atoms with van der Waals surface area (Å²) in [6.07, 6.45) is -3.70. The minimum atomic E-state index is -4.38. The molecule has 0 bridgehead atoms. The maximum Gasteiger partial charge on any atom is 0.416 e. The summed E-state index contributed by atoms with van der Waals surface area (Å²) in [6, 6.07) is 21.9. The Kier molecular flexibility index (Phi) is 6.98. The fourth-order valence-corrected chi connectivity index (χ4v) is 6.37. The predicted molar refractivity (Wildman–Crippen MR) is 150 cm³/mol. The quantitative estimate of drug-likeness (QED) is 0.461. The Balaban J connectivity index is 1.19. The van der Waals surface area contributed by atoms with E-state index in [4.69, 9.17) is 4.74 Å². The van der Waals surface area contributed by atoms with E-state index in [1.54, 1.807) is 13.2 Å². The molecule has 3 aromatic rings. The average molecular weight is 551 g/mol. The maximum atomic E-state index is 14.1. The molecular weight excluding hydrogens is 517 g/mol. The van der Waals surface area contributed by atoms with E-state index in [1.165, 1.54) is 23.4 Å². The zero-order valence-electron chi connectivity index (χ0n) is 22.5. The zero-order valence-corrected chi connectivity index (χ0v) is 22.5. The Morgan fingerprint density at radius 3 is 2.27 bits per heavy atom. The Morgan fingerprint density at radius 2 is 1.55 bits per heavy atom. The van der Waals surface area contributed by atoms with Gasteiger partial charge in [-0.2, -0.15) is 13.2 Å². The number of carbonyl (C=O) groups excluding carboxylic acids is 1. The molecule has 0 aliphatic carbocycles. The Bertz CT molecular complexity index is 1360. The summed E-state index contributed by atoms with van der Waals surface area (Å²) < 4.78 is 45.0. The fourth-order valence-electron chi connectivity index (χ4n) is 6.37. The van der Waals surface area contributed by atoms with Crippen molar-refractivity contribution in [1.29, 1.82) is 0 Å². The number of hydrogen-bond donors (Lipinski definition) is 0. The van der Waals surface area contributed by atoms with E-state index in [0.717, 1.165) is 37.1 Å². The highest BCUT2D eigenvalue weighted by Crippen LogP contribution is 2.38. The number of methoxy groups -OCH3 is 1. The zero-order chi connectivity index (χ0) is 27.9. The van der Waals surface area contributed by atoms with Gasteiger partial charge < -0.3 is 24.3 Å². The van der Waals surface area contributed by atoms with E-state index in [2.05, 4.69) is 40.1 Å². The smallest absolute Gasteiger partial charge is 0.416 e. The van der Waals surface area contributed by atoms with Crippen LogP contribution >= 0.6 is 0 Å². The molecule has 6 nitrogen and oxygen atoms in total. The Labute approximate surface area is 232 Å². The van der Waals surface area contributed by atoms with Gasteiger partial charge in [0.25, 0.3) is 0 Å². The van der Waals surface area contributed by atoms with Gasteiger partial charge >= 0.3 is 6.18 Å². The highest BCUT2D eigenvalue weighted by molar-refractivity contribution is 5.83. The molecule has 2 unspecified atom stereocenters. The van der Waals surface area contributed by atoms with Gasteiger partial charge in [0.2, 0.25) is 5.91 Å². The molecule has 0 aromatic heterocycles. The topological polar surface area (TPSA) is 39.3 Å². The Morgan fingerprint density at radius 1 is 0.825 bits per heavy atom. The predicted octanol–water partition coefficient (Wildman–Crippen LogP) is 4.93. The molecule has 3 aromatic carbocycles. The van der Waals surface area contributed by atoms with Crippen LogP contribution in [0, 0.1) is 5.92 Å². The lowest BCUT2D eigenvalue weighted by molar-refractivity contribution is -0.137. The molecule has 1 amide bonds. The molecule has 2 fully saturated rings. The van der Waals surface area contributed by atoms with Gasteiger partial charge in [0.1, 0.15) is 5.75 Å². The number of fused-ring (bicyclic) bond motifs is 3. The van der Waals surface area contributed by atoms with Crippen molar-refractivity contribution in [2.45, 2.75) is 18.6 Å². The molecule has 2 saturated heterocycles. The molecule has 210 valence electrons. The van der Waals surface area contributed by atoms with Crippen molar-refractivity contribution < 1.29 is 22.7 Å². The second-order valence-corrected chi connectivity index (χ2v) is 10.7. The van der Waals surface area contributed by atoms with Gasteiger partial charge in [0.05, 0.1) is 24.6 Å². The lowest BCUT2D eigenvalue weighted by Gasteiger charge is -2.50. The van der Waals surface area contributed by atoms with Crippen molar-refractivity contribution in [3.05, 3.63) is 83.9 Å². The van der Waals surface area contributed by atoms with Gasteiger partial charge in [-0.05, 0) is 60.5 Å². The summed E-state index contributed by atoms with van der Waals surface area (Å²) in [4.78, 5) is 22.7. The summed E-state index contributed by atoms with van der Waals surface area (Å²) in [5.41, 5.74) is 3.41. The average Bonchev–Trinajstić information content (AvgIpc) is 3.00. The number of anilines is 3. The third kappa shape index (κ3) is 5.05. The molecule has 2 atom stereocenters. The number of para-hydroxylation sites is 1. The second kappa shape index (κ2) is 10.6. The van der Waals surface area contributed by atoms with E-state index < -0.39 is 11.7 Å². The van der Waals surface area contributed by atoms with Crippen molar-refractivity contribution in [2.75, 3.05) is 67.6 Å². The lowest BCUT2D eigenvalue weighted by Crippen LogP contribution is -2.62. The molecule has 3 aliphatic heterocycles. The molecule has 0 spiro atoms. The first-order valence-corrected chi connectivity index (χ1v) is 13.8. The standard InChI is InChI=1S/C31H33F3N4O2/c1-40-26-11-9-24(10-12-26)37-17-18-38-28-8-3-2-5-22(28)19-27(29(38)21-37)30(39)36-15-13-35(14-16-36)25-7-4-6-23(20-25)31(32,33)34/h2-12,20,27,29H,13-19,21H2,1H3. The van der Waals surface area contributed by atoms with Gasteiger partial charge in [-0.15, -0.1) is 0 Å². The van der Waals surface area contributed by atoms with Gasteiger partial charge in [0.15, 0.2) is 0 Å². The van der Waals surface area contributed by atoms with Crippen LogP contribution in [0.25, 0.3) is 0 Å². The number of alkyl halides is 3. The van der Waals surface area contributed by atoms with Crippen molar-refractivity contribution in [2.24, 2.45) is 5.92 Å². The maximum absolute atomic E-state index is 14.1. The second-order valence-electron chi connectivity index (χ2n) is 10.7. The summed E-state index contributed by atoms with van der Waals surface area (Å²) in [7, 11) is 1.66. The van der Waals surface area contributed by atoms with Crippen LogP contribution in [0.1, 0.15) is 11.1 Å². The van der Waals surface area contributed by atoms with Gasteiger partial charge in [0, 0.05) is 62.9 Å². The molecular formula is C31H33F3N4O2. The number of amides is 1. The van der Waals surface area contributed by atoms with Crippen molar-refractivity contribution >= 4 is 23.0 Å². The van der Waals surface area contributed by atoms with Crippen LogP contribution in [-0.2, 0) is 17.4 Å². The number of hydrogen-bond acceptors (Lipinski definition) is 5. The molecule has 0 N–H and O–H groups in total. The summed E-state index contributed by atoms with van der Waals surface area (Å²) in [5.74, 6) is 0.743. The molecule has 0 radical (unpaired) electrons. The number of rotatable bonds is 4. The van der Waals surface area contributed by atoms with E-state index in [-0.39, 0.29) is 17.9 Å². The summed E-state index contributed by atoms with van der Waals surface area (Å²) in [6.45, 7) is 4.39. The minimum Gasteiger partial charge on any atom is -0.497 e. The molecule has 40 heavy (non-hydrogen) atoms. The van der Waals surface area contributed by atoms with Crippen LogP contribution in [0.5, 0.6) is 5.75 Å². The fraction of sp³-hybridized carbons (Fsp3) is 0.387. The third-order valence-corrected chi connectivity index (χ3v) is 8.51. The number of carbonyl (C=O) groups is 1. The van der Waals surface area contributed by atoms with Crippen LogP contribution in [0.3, 0.4) is 0 Å². The van der Waals surface area contributed by atoms with E-state index >= 15 is 0 Å². The van der Waals surface area contributed by atoms with Crippen molar-refractivity contribution in [3.8, 4) is 5.75 Å². The first-order valence-electron chi connectivity index (χ1n) is 13.8. The lowest BCUT2D eigenvalue weighted by atomic mass is 9.82. The molecule has 3 heterocycles. The number of benzene rings is 3. The largest absolute Gasteiger partial charge is 0.497 e. The monoisotopic (exact) mass is 550 g/mol. The Hall–Kier alpha value is -3.88. The number of halogens is 3.